The van der Waals surface area contributed by atoms with Crippen molar-refractivity contribution in [2.75, 3.05) is 30.3 Å². The zero-order valence-electron chi connectivity index (χ0n) is 21.4. The maximum absolute atomic E-state index is 12.6. The summed E-state index contributed by atoms with van der Waals surface area (Å²) in [6.45, 7) is 5.28. The number of benzene rings is 2. The van der Waals surface area contributed by atoms with Crippen molar-refractivity contribution >= 4 is 34.5 Å². The summed E-state index contributed by atoms with van der Waals surface area (Å²) in [5, 5.41) is 9.47. The Bertz CT molecular complexity index is 1320. The molecule has 1 saturated heterocycles. The van der Waals surface area contributed by atoms with Gasteiger partial charge in [0.1, 0.15) is 5.82 Å². The number of thioether (sulfide) groups is 1. The number of piperidine rings is 1. The van der Waals surface area contributed by atoms with E-state index in [4.69, 9.17) is 9.97 Å². The summed E-state index contributed by atoms with van der Waals surface area (Å²) in [5.41, 5.74) is 4.17. The predicted molar refractivity (Wildman–Crippen MR) is 151 cm³/mol. The molecule has 2 aromatic heterocycles. The van der Waals surface area contributed by atoms with Crippen LogP contribution in [-0.4, -0.2) is 51.0 Å². The second kappa shape index (κ2) is 12.2. The molecule has 0 saturated carbocycles. The number of amides is 1. The Morgan fingerprint density at radius 3 is 2.49 bits per heavy atom. The van der Waals surface area contributed by atoms with Crippen molar-refractivity contribution in [2.45, 2.75) is 50.7 Å². The lowest BCUT2D eigenvalue weighted by Gasteiger charge is -2.28. The third-order valence-corrected chi connectivity index (χ3v) is 7.67. The molecule has 2 aromatic carbocycles. The van der Waals surface area contributed by atoms with Crippen LogP contribution in [-0.2, 0) is 17.8 Å². The standard InChI is InChI=1S/C29H34N6OS/c1-2-19-37-29-32-27(34-16-7-4-8-17-34)25-21-31-35(28(25)33-29)18-15-30-26(36)20-22-11-13-24(14-12-22)23-9-5-3-6-10-23/h3,5-6,9-14,21H,2,4,7-8,15-20H2,1H3,(H,30,36). The molecule has 1 aliphatic heterocycles. The summed E-state index contributed by atoms with van der Waals surface area (Å²) < 4.78 is 1.90. The highest BCUT2D eigenvalue weighted by Gasteiger charge is 2.20. The van der Waals surface area contributed by atoms with Crippen molar-refractivity contribution in [1.29, 1.82) is 0 Å². The Labute approximate surface area is 222 Å². The van der Waals surface area contributed by atoms with E-state index in [1.165, 1.54) is 24.8 Å². The summed E-state index contributed by atoms with van der Waals surface area (Å²) >= 11 is 1.70. The minimum absolute atomic E-state index is 0.00625. The van der Waals surface area contributed by atoms with Crippen molar-refractivity contribution in [3.8, 4) is 11.1 Å². The van der Waals surface area contributed by atoms with Gasteiger partial charge in [-0.05, 0) is 42.4 Å². The second-order valence-electron chi connectivity index (χ2n) is 9.42. The van der Waals surface area contributed by atoms with Crippen molar-refractivity contribution in [3.63, 3.8) is 0 Å². The molecule has 1 N–H and O–H groups in total. The number of hydrogen-bond donors (Lipinski definition) is 1. The molecule has 0 aliphatic carbocycles. The summed E-state index contributed by atoms with van der Waals surface area (Å²) in [6.07, 6.45) is 6.97. The average Bonchev–Trinajstić information content (AvgIpc) is 3.35. The van der Waals surface area contributed by atoms with Crippen LogP contribution in [0.4, 0.5) is 5.82 Å². The number of rotatable bonds is 10. The minimum atomic E-state index is 0.00625. The molecule has 5 rings (SSSR count). The number of aromatic nitrogens is 4. The van der Waals surface area contributed by atoms with Crippen molar-refractivity contribution in [2.24, 2.45) is 0 Å². The second-order valence-corrected chi connectivity index (χ2v) is 10.5. The SMILES string of the molecule is CCCSc1nc(N2CCCCC2)c2cnn(CCNC(=O)Cc3ccc(-c4ccccc4)cc3)c2n1. The molecule has 37 heavy (non-hydrogen) atoms. The normalized spacial score (nSPS) is 13.7. The van der Waals surface area contributed by atoms with Gasteiger partial charge in [-0.3, -0.25) is 4.79 Å². The Morgan fingerprint density at radius 2 is 1.73 bits per heavy atom. The fourth-order valence-electron chi connectivity index (χ4n) is 4.68. The van der Waals surface area contributed by atoms with Crippen LogP contribution >= 0.6 is 11.8 Å². The fourth-order valence-corrected chi connectivity index (χ4v) is 5.37. The fraction of sp³-hybridized carbons (Fsp3) is 0.379. The minimum Gasteiger partial charge on any atom is -0.356 e. The molecule has 8 heteroatoms. The number of carbonyl (C=O) groups is 1. The van der Waals surface area contributed by atoms with E-state index in [0.717, 1.165) is 58.4 Å². The van der Waals surface area contributed by atoms with Gasteiger partial charge in [0, 0.05) is 25.4 Å². The van der Waals surface area contributed by atoms with Gasteiger partial charge in [-0.2, -0.15) is 5.10 Å². The predicted octanol–water partition coefficient (Wildman–Crippen LogP) is 5.34. The quantitative estimate of drug-likeness (QED) is 0.227. The van der Waals surface area contributed by atoms with Gasteiger partial charge in [0.25, 0.3) is 0 Å². The Morgan fingerprint density at radius 1 is 0.973 bits per heavy atom. The topological polar surface area (TPSA) is 75.9 Å². The number of fused-ring (bicyclic) bond motifs is 1. The highest BCUT2D eigenvalue weighted by atomic mass is 32.2. The van der Waals surface area contributed by atoms with E-state index >= 15 is 0 Å². The van der Waals surface area contributed by atoms with Gasteiger partial charge in [0.2, 0.25) is 5.91 Å². The molecule has 3 heterocycles. The van der Waals surface area contributed by atoms with Gasteiger partial charge in [0.15, 0.2) is 10.8 Å². The molecule has 4 aromatic rings. The zero-order chi connectivity index (χ0) is 25.5. The van der Waals surface area contributed by atoms with E-state index in [2.05, 4.69) is 46.5 Å². The zero-order valence-corrected chi connectivity index (χ0v) is 22.2. The first-order valence-electron chi connectivity index (χ1n) is 13.2. The van der Waals surface area contributed by atoms with E-state index < -0.39 is 0 Å². The van der Waals surface area contributed by atoms with Gasteiger partial charge in [-0.15, -0.1) is 0 Å². The Hall–Kier alpha value is -3.39. The van der Waals surface area contributed by atoms with Gasteiger partial charge in [-0.25, -0.2) is 14.6 Å². The molecule has 0 unspecified atom stereocenters. The number of carbonyl (C=O) groups excluding carboxylic acids is 1. The third-order valence-electron chi connectivity index (χ3n) is 6.62. The molecule has 192 valence electrons. The molecule has 0 spiro atoms. The summed E-state index contributed by atoms with van der Waals surface area (Å²) in [6, 6.07) is 18.5. The summed E-state index contributed by atoms with van der Waals surface area (Å²) in [4.78, 5) is 24.7. The van der Waals surface area contributed by atoms with Gasteiger partial charge < -0.3 is 10.2 Å². The molecule has 1 aliphatic rings. The van der Waals surface area contributed by atoms with E-state index in [-0.39, 0.29) is 5.91 Å². The first kappa shape index (κ1) is 25.3. The third kappa shape index (κ3) is 6.31. The maximum atomic E-state index is 12.6. The van der Waals surface area contributed by atoms with Crippen LogP contribution in [0, 0.1) is 0 Å². The number of nitrogens with zero attached hydrogens (tertiary/aromatic N) is 5. The molecular formula is C29H34N6OS. The van der Waals surface area contributed by atoms with Crippen molar-refractivity contribution < 1.29 is 4.79 Å². The monoisotopic (exact) mass is 514 g/mol. The molecule has 0 bridgehead atoms. The first-order valence-corrected chi connectivity index (χ1v) is 14.2. The van der Waals surface area contributed by atoms with Crippen LogP contribution in [0.2, 0.25) is 0 Å². The number of nitrogens with one attached hydrogen (secondary N) is 1. The number of hydrogen-bond acceptors (Lipinski definition) is 6. The average molecular weight is 515 g/mol. The lowest BCUT2D eigenvalue weighted by atomic mass is 10.0. The molecule has 1 fully saturated rings. The van der Waals surface area contributed by atoms with Gasteiger partial charge in [-0.1, -0.05) is 73.3 Å². The van der Waals surface area contributed by atoms with Gasteiger partial charge in [0.05, 0.1) is 24.5 Å². The maximum Gasteiger partial charge on any atom is 0.224 e. The van der Waals surface area contributed by atoms with Crippen LogP contribution in [0.15, 0.2) is 66.0 Å². The largest absolute Gasteiger partial charge is 0.356 e. The highest BCUT2D eigenvalue weighted by molar-refractivity contribution is 7.99. The van der Waals surface area contributed by atoms with Crippen LogP contribution in [0.3, 0.4) is 0 Å². The lowest BCUT2D eigenvalue weighted by Crippen LogP contribution is -2.30. The van der Waals surface area contributed by atoms with Crippen molar-refractivity contribution in [1.82, 2.24) is 25.1 Å². The van der Waals surface area contributed by atoms with E-state index in [9.17, 15) is 4.79 Å². The van der Waals surface area contributed by atoms with Crippen molar-refractivity contribution in [3.05, 3.63) is 66.4 Å². The Balaban J connectivity index is 1.22. The molecule has 0 radical (unpaired) electrons. The summed E-state index contributed by atoms with van der Waals surface area (Å²) in [7, 11) is 0. The molecular weight excluding hydrogens is 480 g/mol. The smallest absolute Gasteiger partial charge is 0.224 e. The molecule has 7 nitrogen and oxygen atoms in total. The van der Waals surface area contributed by atoms with Crippen LogP contribution < -0.4 is 10.2 Å². The van der Waals surface area contributed by atoms with Crippen LogP contribution in [0.25, 0.3) is 22.2 Å². The summed E-state index contributed by atoms with van der Waals surface area (Å²) in [5.74, 6) is 1.99. The van der Waals surface area contributed by atoms with Gasteiger partial charge >= 0.3 is 0 Å². The van der Waals surface area contributed by atoms with E-state index in [1.807, 2.05) is 41.2 Å². The highest BCUT2D eigenvalue weighted by Crippen LogP contribution is 2.29. The van der Waals surface area contributed by atoms with Crippen LogP contribution in [0.1, 0.15) is 38.2 Å². The van der Waals surface area contributed by atoms with E-state index in [1.54, 1.807) is 11.8 Å². The number of anilines is 1. The lowest BCUT2D eigenvalue weighted by molar-refractivity contribution is -0.120. The van der Waals surface area contributed by atoms with Crippen LogP contribution in [0.5, 0.6) is 0 Å². The first-order chi connectivity index (χ1) is 18.2. The van der Waals surface area contributed by atoms with E-state index in [0.29, 0.717) is 19.5 Å². The molecule has 0 atom stereocenters. The Kier molecular flexibility index (Phi) is 8.35. The molecule has 1 amide bonds.